The summed E-state index contributed by atoms with van der Waals surface area (Å²) in [5, 5.41) is 4.45. The van der Waals surface area contributed by atoms with E-state index in [0.717, 1.165) is 50.7 Å². The van der Waals surface area contributed by atoms with E-state index in [4.69, 9.17) is 9.51 Å². The summed E-state index contributed by atoms with van der Waals surface area (Å²) in [6, 6.07) is 9.46. The van der Waals surface area contributed by atoms with Gasteiger partial charge in [-0.1, -0.05) is 47.8 Å². The smallest absolute Gasteiger partial charge is 0.240 e. The van der Waals surface area contributed by atoms with E-state index in [-0.39, 0.29) is 5.41 Å². The Balaban J connectivity index is 1.54. The third-order valence-corrected chi connectivity index (χ3v) is 6.36. The van der Waals surface area contributed by atoms with Crippen molar-refractivity contribution in [3.05, 3.63) is 47.1 Å². The lowest BCUT2D eigenvalue weighted by atomic mass is 9.78. The topological polar surface area (TPSA) is 45.4 Å². The third-order valence-electron chi connectivity index (χ3n) is 6.36. The van der Waals surface area contributed by atoms with Crippen molar-refractivity contribution in [3.63, 3.8) is 0 Å². The van der Waals surface area contributed by atoms with E-state index in [1.54, 1.807) is 0 Å². The van der Waals surface area contributed by atoms with Crippen molar-refractivity contribution >= 4 is 0 Å². The summed E-state index contributed by atoms with van der Waals surface area (Å²) in [7, 11) is 2.19. The van der Waals surface area contributed by atoms with Crippen LogP contribution in [0.15, 0.2) is 28.8 Å². The highest BCUT2D eigenvalue weighted by atomic mass is 16.5. The molecule has 2 fully saturated rings. The van der Waals surface area contributed by atoms with E-state index in [1.807, 2.05) is 0 Å². The normalized spacial score (nSPS) is 24.2. The summed E-state index contributed by atoms with van der Waals surface area (Å²) in [4.78, 5) is 9.70. The highest BCUT2D eigenvalue weighted by Crippen LogP contribution is 2.45. The molecule has 0 N–H and O–H groups in total. The lowest BCUT2D eigenvalue weighted by molar-refractivity contribution is 0.0914. The molecule has 2 aliphatic rings. The number of rotatable bonds is 4. The quantitative estimate of drug-likeness (QED) is 0.842. The molecule has 1 unspecified atom stereocenters. The first-order valence-electron chi connectivity index (χ1n) is 9.90. The molecule has 1 atom stereocenters. The Morgan fingerprint density at radius 3 is 2.58 bits per heavy atom. The van der Waals surface area contributed by atoms with Gasteiger partial charge in [0.15, 0.2) is 5.82 Å². The van der Waals surface area contributed by atoms with Gasteiger partial charge < -0.3 is 9.42 Å². The van der Waals surface area contributed by atoms with Crippen LogP contribution in [0, 0.1) is 6.92 Å². The van der Waals surface area contributed by atoms with E-state index in [1.165, 1.54) is 24.0 Å². The summed E-state index contributed by atoms with van der Waals surface area (Å²) < 4.78 is 5.70. The van der Waals surface area contributed by atoms with Crippen LogP contribution in [-0.2, 0) is 12.0 Å². The third kappa shape index (κ3) is 3.30. The van der Waals surface area contributed by atoms with E-state index < -0.39 is 0 Å². The Bertz CT molecular complexity index is 733. The van der Waals surface area contributed by atoms with Crippen molar-refractivity contribution < 1.29 is 4.52 Å². The molecule has 26 heavy (non-hydrogen) atoms. The number of nitrogens with zero attached hydrogens (tertiary/aromatic N) is 4. The Labute approximate surface area is 156 Å². The Hall–Kier alpha value is -1.72. The molecule has 140 valence electrons. The van der Waals surface area contributed by atoms with Gasteiger partial charge in [0, 0.05) is 25.7 Å². The summed E-state index contributed by atoms with van der Waals surface area (Å²) in [6.07, 6.45) is 4.68. The van der Waals surface area contributed by atoms with Crippen LogP contribution in [0.25, 0.3) is 0 Å². The maximum Gasteiger partial charge on any atom is 0.240 e. The van der Waals surface area contributed by atoms with Gasteiger partial charge in [-0.15, -0.1) is 0 Å². The number of benzene rings is 1. The lowest BCUT2D eigenvalue weighted by Crippen LogP contribution is -2.49. The standard InChI is InChI=1S/C21H30N4O/c1-16-6-8-18(9-7-16)21(10-4-5-11-21)20-22-19(26-23-20)15-25-13-12-24(3)17(2)14-25/h6-9,17H,4-5,10-15H2,1-3H3. The average molecular weight is 354 g/mol. The Morgan fingerprint density at radius 1 is 1.15 bits per heavy atom. The molecule has 2 aromatic rings. The van der Waals surface area contributed by atoms with Crippen molar-refractivity contribution in [1.82, 2.24) is 19.9 Å². The van der Waals surface area contributed by atoms with Crippen LogP contribution in [0.4, 0.5) is 0 Å². The van der Waals surface area contributed by atoms with Crippen molar-refractivity contribution in [2.45, 2.75) is 57.5 Å². The van der Waals surface area contributed by atoms with Crippen LogP contribution in [0.5, 0.6) is 0 Å². The number of likely N-dealkylation sites (N-methyl/N-ethyl adjacent to an activating group) is 1. The van der Waals surface area contributed by atoms with Gasteiger partial charge in [-0.2, -0.15) is 4.98 Å². The maximum absolute atomic E-state index is 5.70. The maximum atomic E-state index is 5.70. The lowest BCUT2D eigenvalue weighted by Gasteiger charge is -2.36. The molecule has 5 heteroatoms. The number of hydrogen-bond acceptors (Lipinski definition) is 5. The van der Waals surface area contributed by atoms with E-state index in [0.29, 0.717) is 6.04 Å². The zero-order valence-corrected chi connectivity index (χ0v) is 16.2. The predicted molar refractivity (Wildman–Crippen MR) is 102 cm³/mol. The molecule has 1 saturated heterocycles. The summed E-state index contributed by atoms with van der Waals surface area (Å²) >= 11 is 0. The highest BCUT2D eigenvalue weighted by molar-refractivity contribution is 5.35. The first-order valence-corrected chi connectivity index (χ1v) is 9.90. The minimum Gasteiger partial charge on any atom is -0.338 e. The first-order chi connectivity index (χ1) is 12.6. The molecule has 1 aliphatic heterocycles. The predicted octanol–water partition coefficient (Wildman–Crippen LogP) is 3.37. The number of piperazine rings is 1. The van der Waals surface area contributed by atoms with Gasteiger partial charge in [-0.3, -0.25) is 4.90 Å². The molecule has 0 radical (unpaired) electrons. The molecule has 5 nitrogen and oxygen atoms in total. The van der Waals surface area contributed by atoms with Gasteiger partial charge >= 0.3 is 0 Å². The van der Waals surface area contributed by atoms with Gasteiger partial charge in [-0.25, -0.2) is 0 Å². The molecule has 0 amide bonds. The van der Waals surface area contributed by atoms with Crippen LogP contribution in [0.3, 0.4) is 0 Å². The molecule has 1 aliphatic carbocycles. The Kier molecular flexibility index (Phi) is 4.84. The van der Waals surface area contributed by atoms with Crippen molar-refractivity contribution in [2.75, 3.05) is 26.7 Å². The van der Waals surface area contributed by atoms with Crippen molar-refractivity contribution in [2.24, 2.45) is 0 Å². The fourth-order valence-corrected chi connectivity index (χ4v) is 4.46. The SMILES string of the molecule is Cc1ccc(C2(c3noc(CN4CCN(C)C(C)C4)n3)CCCC2)cc1. The largest absolute Gasteiger partial charge is 0.338 e. The summed E-state index contributed by atoms with van der Waals surface area (Å²) in [5.74, 6) is 1.64. The monoisotopic (exact) mass is 354 g/mol. The van der Waals surface area contributed by atoms with Crippen LogP contribution in [-0.4, -0.2) is 52.7 Å². The van der Waals surface area contributed by atoms with E-state index in [2.05, 4.69) is 60.1 Å². The number of aromatic nitrogens is 2. The van der Waals surface area contributed by atoms with E-state index in [9.17, 15) is 0 Å². The number of aryl methyl sites for hydroxylation is 1. The number of hydrogen-bond donors (Lipinski definition) is 0. The van der Waals surface area contributed by atoms with Gasteiger partial charge in [0.05, 0.1) is 12.0 Å². The molecular weight excluding hydrogens is 324 g/mol. The minimum atomic E-state index is -0.0646. The summed E-state index contributed by atoms with van der Waals surface area (Å²) in [6.45, 7) is 8.37. The van der Waals surface area contributed by atoms with Gasteiger partial charge in [0.1, 0.15) is 0 Å². The van der Waals surface area contributed by atoms with Gasteiger partial charge in [-0.05, 0) is 39.3 Å². The molecule has 0 bridgehead atoms. The molecule has 1 aromatic carbocycles. The average Bonchev–Trinajstić information content (AvgIpc) is 3.29. The van der Waals surface area contributed by atoms with Crippen LogP contribution < -0.4 is 0 Å². The highest BCUT2D eigenvalue weighted by Gasteiger charge is 2.41. The van der Waals surface area contributed by atoms with Gasteiger partial charge in [0.2, 0.25) is 5.89 Å². The fourth-order valence-electron chi connectivity index (χ4n) is 4.46. The molecular formula is C21H30N4O. The van der Waals surface area contributed by atoms with Crippen molar-refractivity contribution in [3.8, 4) is 0 Å². The molecule has 2 heterocycles. The second-order valence-electron chi connectivity index (χ2n) is 8.23. The van der Waals surface area contributed by atoms with Crippen LogP contribution in [0.1, 0.15) is 55.4 Å². The van der Waals surface area contributed by atoms with Crippen molar-refractivity contribution in [1.29, 1.82) is 0 Å². The molecule has 1 saturated carbocycles. The fraction of sp³-hybridized carbons (Fsp3) is 0.619. The molecule has 1 aromatic heterocycles. The zero-order valence-electron chi connectivity index (χ0n) is 16.2. The van der Waals surface area contributed by atoms with Crippen LogP contribution >= 0.6 is 0 Å². The first kappa shape index (κ1) is 17.7. The summed E-state index contributed by atoms with van der Waals surface area (Å²) in [5.41, 5.74) is 2.56. The zero-order chi connectivity index (χ0) is 18.1. The molecule has 0 spiro atoms. The van der Waals surface area contributed by atoms with E-state index >= 15 is 0 Å². The molecule has 4 rings (SSSR count). The minimum absolute atomic E-state index is 0.0646. The second-order valence-corrected chi connectivity index (χ2v) is 8.23. The van der Waals surface area contributed by atoms with Gasteiger partial charge in [0.25, 0.3) is 0 Å². The second kappa shape index (κ2) is 7.12. The Morgan fingerprint density at radius 2 is 1.88 bits per heavy atom. The van der Waals surface area contributed by atoms with Crippen LogP contribution in [0.2, 0.25) is 0 Å².